The topological polar surface area (TPSA) is 89.6 Å². The molecule has 0 atom stereocenters. The number of benzene rings is 1. The third-order valence-electron chi connectivity index (χ3n) is 1.14. The van der Waals surface area contributed by atoms with Crippen LogP contribution in [-0.2, 0) is 9.68 Å². The third kappa shape index (κ3) is 6.48. The van der Waals surface area contributed by atoms with E-state index >= 15 is 0 Å². The van der Waals surface area contributed by atoms with E-state index in [0.29, 0.717) is 5.02 Å². The SMILES string of the molecule is CC(N)=O.O=C(OO)c1cccc(Cl)c1. The lowest BCUT2D eigenvalue weighted by Crippen LogP contribution is -2.01. The van der Waals surface area contributed by atoms with Crippen LogP contribution in [0.25, 0.3) is 0 Å². The van der Waals surface area contributed by atoms with Gasteiger partial charge in [0.05, 0.1) is 5.56 Å². The standard InChI is InChI=1S/C7H5ClO3.C2H5NO/c8-6-3-1-2-5(4-6)7(9)11-10;1-2(3)4/h1-4,10H;1H3,(H2,3,4). The first-order valence-electron chi connectivity index (χ1n) is 3.84. The zero-order chi connectivity index (χ0) is 11.8. The molecule has 5 nitrogen and oxygen atoms in total. The van der Waals surface area contributed by atoms with Crippen LogP contribution in [0.3, 0.4) is 0 Å². The minimum absolute atomic E-state index is 0.222. The van der Waals surface area contributed by atoms with Crippen LogP contribution in [0, 0.1) is 0 Å². The van der Waals surface area contributed by atoms with Gasteiger partial charge in [-0.15, -0.1) is 0 Å². The summed E-state index contributed by atoms with van der Waals surface area (Å²) in [7, 11) is 0. The Morgan fingerprint density at radius 2 is 2.00 bits per heavy atom. The maximum Gasteiger partial charge on any atom is 0.372 e. The van der Waals surface area contributed by atoms with Crippen molar-refractivity contribution in [3.8, 4) is 0 Å². The summed E-state index contributed by atoms with van der Waals surface area (Å²) in [6.45, 7) is 1.31. The molecule has 15 heavy (non-hydrogen) atoms. The van der Waals surface area contributed by atoms with E-state index in [2.05, 4.69) is 10.6 Å². The summed E-state index contributed by atoms with van der Waals surface area (Å²) in [4.78, 5) is 23.4. The summed E-state index contributed by atoms with van der Waals surface area (Å²) in [5.41, 5.74) is 4.69. The van der Waals surface area contributed by atoms with Gasteiger partial charge >= 0.3 is 5.97 Å². The quantitative estimate of drug-likeness (QED) is 0.566. The van der Waals surface area contributed by atoms with Crippen molar-refractivity contribution in [1.29, 1.82) is 0 Å². The van der Waals surface area contributed by atoms with Crippen molar-refractivity contribution < 1.29 is 19.7 Å². The first-order valence-corrected chi connectivity index (χ1v) is 4.22. The maximum atomic E-state index is 10.6. The number of rotatable bonds is 1. The highest BCUT2D eigenvalue weighted by Crippen LogP contribution is 2.10. The minimum atomic E-state index is -0.813. The normalized spacial score (nSPS) is 8.47. The molecule has 1 aromatic rings. The molecule has 0 radical (unpaired) electrons. The largest absolute Gasteiger partial charge is 0.372 e. The number of carbonyl (C=O) groups excluding carboxylic acids is 2. The van der Waals surface area contributed by atoms with E-state index in [9.17, 15) is 9.59 Å². The molecule has 1 aromatic carbocycles. The van der Waals surface area contributed by atoms with Crippen LogP contribution in [0.15, 0.2) is 24.3 Å². The van der Waals surface area contributed by atoms with Gasteiger partial charge in [0.1, 0.15) is 0 Å². The van der Waals surface area contributed by atoms with Gasteiger partial charge in [-0.3, -0.25) is 9.68 Å². The molecule has 3 N–H and O–H groups in total. The van der Waals surface area contributed by atoms with Gasteiger partial charge in [0, 0.05) is 11.9 Å². The van der Waals surface area contributed by atoms with Gasteiger partial charge in [-0.05, 0) is 18.2 Å². The van der Waals surface area contributed by atoms with Crippen LogP contribution in [0.2, 0.25) is 5.02 Å². The average molecular weight is 232 g/mol. The van der Waals surface area contributed by atoms with E-state index in [-0.39, 0.29) is 11.5 Å². The smallest absolute Gasteiger partial charge is 0.370 e. The van der Waals surface area contributed by atoms with E-state index in [1.54, 1.807) is 12.1 Å². The molecule has 6 heteroatoms. The Morgan fingerprint density at radius 1 is 1.47 bits per heavy atom. The lowest BCUT2D eigenvalue weighted by molar-refractivity contribution is -0.182. The van der Waals surface area contributed by atoms with Crippen molar-refractivity contribution in [3.63, 3.8) is 0 Å². The Balaban J connectivity index is 0.000000423. The number of nitrogens with two attached hydrogens (primary N) is 1. The Bertz CT molecular complexity index is 350. The monoisotopic (exact) mass is 231 g/mol. The maximum absolute atomic E-state index is 10.6. The molecule has 0 aliphatic rings. The predicted octanol–water partition coefficient (Wildman–Crippen LogP) is 1.46. The molecule has 0 saturated carbocycles. The molecule has 0 unspecified atom stereocenters. The van der Waals surface area contributed by atoms with E-state index in [0.717, 1.165) is 0 Å². The fourth-order valence-electron chi connectivity index (χ4n) is 0.668. The second-order valence-electron chi connectivity index (χ2n) is 2.50. The van der Waals surface area contributed by atoms with Crippen molar-refractivity contribution >= 4 is 23.5 Å². The van der Waals surface area contributed by atoms with Gasteiger partial charge in [-0.2, -0.15) is 5.26 Å². The lowest BCUT2D eigenvalue weighted by Gasteiger charge is -1.95. The minimum Gasteiger partial charge on any atom is -0.370 e. The summed E-state index contributed by atoms with van der Waals surface area (Å²) in [6.07, 6.45) is 0. The number of hydrogen-bond acceptors (Lipinski definition) is 4. The average Bonchev–Trinajstić information content (AvgIpc) is 2.16. The summed E-state index contributed by atoms with van der Waals surface area (Å²) in [5.74, 6) is -1.15. The van der Waals surface area contributed by atoms with Crippen molar-refractivity contribution in [2.24, 2.45) is 5.73 Å². The Hall–Kier alpha value is -1.59. The Kier molecular flexibility index (Phi) is 6.08. The summed E-state index contributed by atoms with van der Waals surface area (Å²) in [6, 6.07) is 6.11. The van der Waals surface area contributed by atoms with Crippen molar-refractivity contribution in [2.75, 3.05) is 0 Å². The molecule has 1 amide bonds. The highest BCUT2D eigenvalue weighted by molar-refractivity contribution is 6.30. The molecule has 1 rings (SSSR count). The molecule has 0 saturated heterocycles. The number of hydrogen-bond donors (Lipinski definition) is 2. The number of halogens is 1. The highest BCUT2D eigenvalue weighted by atomic mass is 35.5. The zero-order valence-corrected chi connectivity index (χ0v) is 8.69. The van der Waals surface area contributed by atoms with Crippen molar-refractivity contribution in [2.45, 2.75) is 6.92 Å². The van der Waals surface area contributed by atoms with Crippen molar-refractivity contribution in [1.82, 2.24) is 0 Å². The Morgan fingerprint density at radius 3 is 2.40 bits per heavy atom. The van der Waals surface area contributed by atoms with Gasteiger partial charge < -0.3 is 5.73 Å². The molecule has 0 fully saturated rings. The Labute approximate surface area is 91.3 Å². The van der Waals surface area contributed by atoms with Crippen molar-refractivity contribution in [3.05, 3.63) is 34.9 Å². The summed E-state index contributed by atoms with van der Waals surface area (Å²) < 4.78 is 0. The molecule has 0 aliphatic carbocycles. The highest BCUT2D eigenvalue weighted by Gasteiger charge is 2.05. The molecule has 0 bridgehead atoms. The molecule has 0 aliphatic heterocycles. The molecule has 82 valence electrons. The molecule has 0 aromatic heterocycles. The van der Waals surface area contributed by atoms with Crippen LogP contribution >= 0.6 is 11.6 Å². The second-order valence-corrected chi connectivity index (χ2v) is 2.94. The van der Waals surface area contributed by atoms with Gasteiger partial charge in [0.2, 0.25) is 5.91 Å². The number of carbonyl (C=O) groups is 2. The van der Waals surface area contributed by atoms with Crippen LogP contribution in [0.1, 0.15) is 17.3 Å². The lowest BCUT2D eigenvalue weighted by atomic mass is 10.2. The van der Waals surface area contributed by atoms with Crippen LogP contribution in [-0.4, -0.2) is 17.1 Å². The summed E-state index contributed by atoms with van der Waals surface area (Å²) >= 11 is 5.56. The summed E-state index contributed by atoms with van der Waals surface area (Å²) in [5, 5.41) is 8.41. The van der Waals surface area contributed by atoms with E-state index in [1.165, 1.54) is 19.1 Å². The van der Waals surface area contributed by atoms with Crippen LogP contribution in [0.4, 0.5) is 0 Å². The van der Waals surface area contributed by atoms with Gasteiger partial charge in [-0.25, -0.2) is 4.79 Å². The fraction of sp³-hybridized carbons (Fsp3) is 0.111. The van der Waals surface area contributed by atoms with Gasteiger partial charge in [0.15, 0.2) is 0 Å². The van der Waals surface area contributed by atoms with E-state index < -0.39 is 5.97 Å². The second kappa shape index (κ2) is 6.80. The molecular weight excluding hydrogens is 222 g/mol. The van der Waals surface area contributed by atoms with E-state index in [1.807, 2.05) is 0 Å². The molecule has 0 heterocycles. The third-order valence-corrected chi connectivity index (χ3v) is 1.38. The first kappa shape index (κ1) is 13.4. The van der Waals surface area contributed by atoms with Gasteiger partial charge in [0.25, 0.3) is 0 Å². The number of primary amides is 1. The van der Waals surface area contributed by atoms with Gasteiger partial charge in [-0.1, -0.05) is 17.7 Å². The molecule has 0 spiro atoms. The van der Waals surface area contributed by atoms with E-state index in [4.69, 9.17) is 16.9 Å². The van der Waals surface area contributed by atoms with Crippen LogP contribution < -0.4 is 5.73 Å². The number of amides is 1. The van der Waals surface area contributed by atoms with Crippen LogP contribution in [0.5, 0.6) is 0 Å². The fourth-order valence-corrected chi connectivity index (χ4v) is 0.858. The predicted molar refractivity (Wildman–Crippen MR) is 54.4 cm³/mol. The first-order chi connectivity index (χ1) is 6.97. The molecular formula is C9H10ClNO4. The zero-order valence-electron chi connectivity index (χ0n) is 7.94.